The molecule has 0 aliphatic rings. The summed E-state index contributed by atoms with van der Waals surface area (Å²) in [5.41, 5.74) is 5.34. The fraction of sp³-hybridized carbons (Fsp3) is 0.333. The van der Waals surface area contributed by atoms with Crippen molar-refractivity contribution in [3.63, 3.8) is 0 Å². The molecule has 1 heterocycles. The molecule has 1 aromatic carbocycles. The Morgan fingerprint density at radius 1 is 1.32 bits per heavy atom. The van der Waals surface area contributed by atoms with Gasteiger partial charge in [0.15, 0.2) is 0 Å². The smallest absolute Gasteiger partial charge is 0.326 e. The van der Waals surface area contributed by atoms with Gasteiger partial charge in [0, 0.05) is 15.8 Å². The van der Waals surface area contributed by atoms with Crippen molar-refractivity contribution in [1.82, 2.24) is 9.88 Å². The Hall–Kier alpha value is -2.15. The van der Waals surface area contributed by atoms with Gasteiger partial charge in [-0.2, -0.15) is 0 Å². The van der Waals surface area contributed by atoms with E-state index in [1.165, 1.54) is 11.8 Å². The molecule has 0 fully saturated rings. The van der Waals surface area contributed by atoms with Gasteiger partial charge in [0.05, 0.1) is 5.52 Å². The molecular formula is C15H19N3O3S. The van der Waals surface area contributed by atoms with E-state index in [1.807, 2.05) is 33.1 Å². The molecule has 6 nitrogen and oxygen atoms in total. The summed E-state index contributed by atoms with van der Waals surface area (Å²) in [6, 6.07) is 4.38. The molecular weight excluding hydrogens is 302 g/mol. The third-order valence-corrected chi connectivity index (χ3v) is 3.87. The Balaban J connectivity index is 2.80. The maximum Gasteiger partial charge on any atom is 0.326 e. The lowest BCUT2D eigenvalue weighted by atomic mass is 10.1. The van der Waals surface area contributed by atoms with E-state index in [1.54, 1.807) is 12.1 Å². The van der Waals surface area contributed by atoms with Gasteiger partial charge in [0.1, 0.15) is 5.56 Å². The van der Waals surface area contributed by atoms with E-state index in [0.717, 1.165) is 9.46 Å². The zero-order valence-corrected chi connectivity index (χ0v) is 13.7. The second-order valence-electron chi connectivity index (χ2n) is 5.93. The van der Waals surface area contributed by atoms with E-state index in [4.69, 9.17) is 5.73 Å². The van der Waals surface area contributed by atoms with Crippen molar-refractivity contribution in [2.24, 2.45) is 5.73 Å². The van der Waals surface area contributed by atoms with Crippen LogP contribution in [0.4, 0.5) is 4.79 Å². The summed E-state index contributed by atoms with van der Waals surface area (Å²) in [6.07, 6.45) is 1.86. The molecule has 118 valence electrons. The van der Waals surface area contributed by atoms with Crippen LogP contribution in [0.2, 0.25) is 0 Å². The summed E-state index contributed by atoms with van der Waals surface area (Å²) in [5, 5.41) is 13.7. The number of hydrogen-bond acceptors (Lipinski definition) is 4. The van der Waals surface area contributed by atoms with E-state index < -0.39 is 23.4 Å². The first-order valence-corrected chi connectivity index (χ1v) is 7.92. The molecule has 0 bridgehead atoms. The quantitative estimate of drug-likeness (QED) is 0.740. The van der Waals surface area contributed by atoms with Crippen LogP contribution in [0.3, 0.4) is 0 Å². The molecule has 7 heteroatoms. The molecule has 0 saturated carbocycles. The predicted octanol–water partition coefficient (Wildman–Crippen LogP) is 2.52. The number of thioether (sulfide) groups is 1. The molecule has 2 aromatic rings. The summed E-state index contributed by atoms with van der Waals surface area (Å²) in [6.45, 7) is 5.51. The van der Waals surface area contributed by atoms with Crippen LogP contribution in [0.15, 0.2) is 23.1 Å². The average molecular weight is 321 g/mol. The Labute approximate surface area is 132 Å². The maximum atomic E-state index is 12.6. The highest BCUT2D eigenvalue weighted by atomic mass is 32.2. The lowest BCUT2D eigenvalue weighted by molar-refractivity contribution is 0.0918. The first kappa shape index (κ1) is 16.2. The average Bonchev–Trinajstić information content (AvgIpc) is 2.68. The highest BCUT2D eigenvalue weighted by Gasteiger charge is 2.28. The molecule has 2 rings (SSSR count). The highest BCUT2D eigenvalue weighted by molar-refractivity contribution is 7.98. The number of carbonyl (C=O) groups excluding carboxylic acids is 2. The molecule has 0 spiro atoms. The zero-order chi connectivity index (χ0) is 16.7. The highest BCUT2D eigenvalue weighted by Crippen LogP contribution is 2.37. The minimum absolute atomic E-state index is 0.0636. The number of hydrogen-bond donors (Lipinski definition) is 3. The largest absolute Gasteiger partial charge is 0.494 e. The number of fused-ring (bicyclic) bond motifs is 1. The Morgan fingerprint density at radius 3 is 2.45 bits per heavy atom. The van der Waals surface area contributed by atoms with E-state index in [-0.39, 0.29) is 5.56 Å². The third-order valence-electron chi connectivity index (χ3n) is 3.09. The molecule has 4 N–H and O–H groups in total. The van der Waals surface area contributed by atoms with Crippen molar-refractivity contribution in [1.29, 1.82) is 0 Å². The van der Waals surface area contributed by atoms with E-state index in [2.05, 4.69) is 5.32 Å². The zero-order valence-electron chi connectivity index (χ0n) is 12.9. The second-order valence-corrected chi connectivity index (χ2v) is 6.78. The monoisotopic (exact) mass is 321 g/mol. The Bertz CT molecular complexity index is 759. The van der Waals surface area contributed by atoms with Crippen molar-refractivity contribution in [3.05, 3.63) is 23.8 Å². The second kappa shape index (κ2) is 5.57. The van der Waals surface area contributed by atoms with Crippen molar-refractivity contribution in [3.8, 4) is 5.88 Å². The molecule has 1 aromatic heterocycles. The van der Waals surface area contributed by atoms with Gasteiger partial charge < -0.3 is 16.2 Å². The van der Waals surface area contributed by atoms with E-state index >= 15 is 0 Å². The molecule has 0 aliphatic carbocycles. The third kappa shape index (κ3) is 2.76. The van der Waals surface area contributed by atoms with Crippen LogP contribution in [0.5, 0.6) is 5.88 Å². The number of nitrogens with one attached hydrogen (secondary N) is 1. The van der Waals surface area contributed by atoms with Crippen LogP contribution >= 0.6 is 11.8 Å². The number of primary amides is 1. The Kier molecular flexibility index (Phi) is 4.10. The summed E-state index contributed by atoms with van der Waals surface area (Å²) < 4.78 is 0.951. The summed E-state index contributed by atoms with van der Waals surface area (Å²) >= 11 is 1.43. The van der Waals surface area contributed by atoms with Crippen LogP contribution in [0.1, 0.15) is 31.1 Å². The minimum atomic E-state index is -0.837. The van der Waals surface area contributed by atoms with E-state index in [9.17, 15) is 14.7 Å². The van der Waals surface area contributed by atoms with Crippen LogP contribution in [0, 0.1) is 0 Å². The van der Waals surface area contributed by atoms with Crippen molar-refractivity contribution < 1.29 is 14.7 Å². The van der Waals surface area contributed by atoms with Crippen LogP contribution in [-0.4, -0.2) is 33.4 Å². The number of rotatable bonds is 2. The number of nitrogens with two attached hydrogens (primary N) is 1. The van der Waals surface area contributed by atoms with Crippen LogP contribution in [0.25, 0.3) is 10.9 Å². The van der Waals surface area contributed by atoms with E-state index in [0.29, 0.717) is 10.9 Å². The lowest BCUT2D eigenvalue weighted by Crippen LogP contribution is -2.40. The lowest BCUT2D eigenvalue weighted by Gasteiger charge is -2.20. The van der Waals surface area contributed by atoms with Gasteiger partial charge in [-0.3, -0.25) is 4.79 Å². The molecule has 22 heavy (non-hydrogen) atoms. The van der Waals surface area contributed by atoms with Crippen molar-refractivity contribution in [2.45, 2.75) is 31.2 Å². The van der Waals surface area contributed by atoms with Gasteiger partial charge in [-0.15, -0.1) is 11.8 Å². The van der Waals surface area contributed by atoms with Gasteiger partial charge in [0.2, 0.25) is 5.88 Å². The van der Waals surface area contributed by atoms with Gasteiger partial charge >= 0.3 is 6.03 Å². The van der Waals surface area contributed by atoms with Gasteiger partial charge in [-0.1, -0.05) is 6.07 Å². The SMILES string of the molecule is CSc1cccc2c1c(C(=O)NC(C)(C)C)c(O)n2C(N)=O. The number of aromatic hydroxyl groups is 1. The minimum Gasteiger partial charge on any atom is -0.494 e. The molecule has 0 aliphatic heterocycles. The predicted molar refractivity (Wildman–Crippen MR) is 87.6 cm³/mol. The number of nitrogens with zero attached hydrogens (tertiary/aromatic N) is 1. The summed E-state index contributed by atoms with van der Waals surface area (Å²) in [7, 11) is 0. The topological polar surface area (TPSA) is 97.3 Å². The molecule has 0 saturated heterocycles. The summed E-state index contributed by atoms with van der Waals surface area (Å²) in [5.74, 6) is -0.887. The molecule has 0 atom stereocenters. The fourth-order valence-electron chi connectivity index (χ4n) is 2.31. The van der Waals surface area contributed by atoms with Crippen molar-refractivity contribution in [2.75, 3.05) is 6.26 Å². The molecule has 0 unspecified atom stereocenters. The molecule has 0 radical (unpaired) electrons. The van der Waals surface area contributed by atoms with Crippen LogP contribution < -0.4 is 11.1 Å². The van der Waals surface area contributed by atoms with Gasteiger partial charge in [0.25, 0.3) is 5.91 Å². The summed E-state index contributed by atoms with van der Waals surface area (Å²) in [4.78, 5) is 25.0. The number of benzene rings is 1. The molecule has 2 amide bonds. The normalized spacial score (nSPS) is 11.6. The standard InChI is InChI=1S/C15H19N3O3S/c1-15(2,3)17-12(19)11-10-8(6-5-7-9(10)22-4)18(13(11)20)14(16)21/h5-7,20H,1-4H3,(H2,16,21)(H,17,19). The first-order valence-electron chi connectivity index (χ1n) is 6.70. The van der Waals surface area contributed by atoms with Crippen molar-refractivity contribution >= 4 is 34.6 Å². The first-order chi connectivity index (χ1) is 10.2. The number of aromatic nitrogens is 1. The Morgan fingerprint density at radius 2 is 1.95 bits per heavy atom. The van der Waals surface area contributed by atoms with Crippen LogP contribution in [-0.2, 0) is 0 Å². The number of amides is 2. The van der Waals surface area contributed by atoms with Gasteiger partial charge in [-0.25, -0.2) is 9.36 Å². The number of carbonyl (C=O) groups is 2. The fourth-order valence-corrected chi connectivity index (χ4v) is 2.93. The van der Waals surface area contributed by atoms with Gasteiger partial charge in [-0.05, 0) is 39.2 Å². The maximum absolute atomic E-state index is 12.6.